The average Bonchev–Trinajstić information content (AvgIpc) is 3.00. The van der Waals surface area contributed by atoms with Gasteiger partial charge in [-0.2, -0.15) is 5.10 Å². The highest BCUT2D eigenvalue weighted by Crippen LogP contribution is 2.34. The van der Waals surface area contributed by atoms with Crippen LogP contribution >= 0.6 is 0 Å². The molecule has 0 saturated carbocycles. The molecule has 0 unspecified atom stereocenters. The van der Waals surface area contributed by atoms with Crippen molar-refractivity contribution in [2.24, 2.45) is 0 Å². The molecular weight excluding hydrogens is 346 g/mol. The fourth-order valence-electron chi connectivity index (χ4n) is 3.01. The Bertz CT molecular complexity index is 1210. The molecule has 0 N–H and O–H groups in total. The molecule has 4 rings (SSSR count). The zero-order chi connectivity index (χ0) is 18.3. The van der Waals surface area contributed by atoms with Gasteiger partial charge < -0.3 is 0 Å². The third-order valence-electron chi connectivity index (χ3n) is 4.24. The highest BCUT2D eigenvalue weighted by molar-refractivity contribution is 7.90. The van der Waals surface area contributed by atoms with Crippen molar-refractivity contribution in [2.45, 2.75) is 11.8 Å². The number of hydrogen-bond acceptors (Lipinski definition) is 4. The largest absolute Gasteiger partial charge is 0.251 e. The minimum atomic E-state index is -3.23. The fourth-order valence-corrected chi connectivity index (χ4v) is 3.64. The van der Waals surface area contributed by atoms with Gasteiger partial charge in [0.25, 0.3) is 0 Å². The van der Waals surface area contributed by atoms with E-state index in [1.54, 1.807) is 12.1 Å². The average molecular weight is 363 g/mol. The number of sulfone groups is 1. The fraction of sp³-hybridized carbons (Fsp3) is 0.100. The first kappa shape index (κ1) is 16.5. The summed E-state index contributed by atoms with van der Waals surface area (Å²) in [5.74, 6) is 0. The predicted octanol–water partition coefficient (Wildman–Crippen LogP) is 3.78. The van der Waals surface area contributed by atoms with Crippen LogP contribution in [-0.2, 0) is 9.84 Å². The highest BCUT2D eigenvalue weighted by Gasteiger charge is 2.18. The molecule has 0 aliphatic carbocycles. The van der Waals surface area contributed by atoms with E-state index in [1.165, 1.54) is 6.26 Å². The van der Waals surface area contributed by atoms with Crippen LogP contribution in [0.1, 0.15) is 5.69 Å². The first-order valence-corrected chi connectivity index (χ1v) is 10.0. The number of rotatable bonds is 3. The molecule has 0 spiro atoms. The Morgan fingerprint density at radius 1 is 0.923 bits per heavy atom. The Morgan fingerprint density at radius 2 is 1.69 bits per heavy atom. The smallest absolute Gasteiger partial charge is 0.175 e. The maximum atomic E-state index is 11.7. The number of nitrogens with zero attached hydrogens (tertiary/aromatic N) is 3. The second kappa shape index (κ2) is 6.07. The third-order valence-corrected chi connectivity index (χ3v) is 5.37. The molecule has 0 amide bonds. The van der Waals surface area contributed by atoms with Gasteiger partial charge in [-0.1, -0.05) is 24.3 Å². The monoisotopic (exact) mass is 363 g/mol. The van der Waals surface area contributed by atoms with Crippen molar-refractivity contribution in [1.29, 1.82) is 0 Å². The van der Waals surface area contributed by atoms with Gasteiger partial charge in [-0.3, -0.25) is 4.98 Å². The first-order valence-electron chi connectivity index (χ1n) is 8.15. The topological polar surface area (TPSA) is 64.3 Å². The summed E-state index contributed by atoms with van der Waals surface area (Å²) in [6.07, 6.45) is 3.10. The molecule has 26 heavy (non-hydrogen) atoms. The lowest BCUT2D eigenvalue weighted by Crippen LogP contribution is -1.96. The van der Waals surface area contributed by atoms with Crippen molar-refractivity contribution in [1.82, 2.24) is 14.6 Å². The third kappa shape index (κ3) is 2.88. The quantitative estimate of drug-likeness (QED) is 0.556. The molecule has 3 heterocycles. The normalized spacial score (nSPS) is 11.8. The summed E-state index contributed by atoms with van der Waals surface area (Å²) in [7, 11) is -3.23. The molecule has 1 aromatic carbocycles. The van der Waals surface area contributed by atoms with Crippen LogP contribution in [0.15, 0.2) is 71.8 Å². The Morgan fingerprint density at radius 3 is 2.38 bits per heavy atom. The summed E-state index contributed by atoms with van der Waals surface area (Å²) >= 11 is 0. The standard InChI is InChI=1S/C20H17N3O2S/c1-14-6-5-7-17(21-14)20-19(18-8-3-4-13-23(18)22-20)15-9-11-16(12-10-15)26(2,24)25/h3-13H,1-2H3. The van der Waals surface area contributed by atoms with Crippen molar-refractivity contribution in [3.05, 3.63) is 72.6 Å². The van der Waals surface area contributed by atoms with E-state index in [2.05, 4.69) is 4.98 Å². The number of pyridine rings is 2. The van der Waals surface area contributed by atoms with Gasteiger partial charge in [0.1, 0.15) is 5.69 Å². The lowest BCUT2D eigenvalue weighted by atomic mass is 10.0. The zero-order valence-electron chi connectivity index (χ0n) is 14.4. The van der Waals surface area contributed by atoms with Crippen LogP contribution in [-0.4, -0.2) is 29.3 Å². The summed E-state index contributed by atoms with van der Waals surface area (Å²) < 4.78 is 25.3. The predicted molar refractivity (Wildman–Crippen MR) is 102 cm³/mol. The number of aryl methyl sites for hydroxylation is 1. The van der Waals surface area contributed by atoms with Crippen LogP contribution in [0.5, 0.6) is 0 Å². The maximum Gasteiger partial charge on any atom is 0.175 e. The van der Waals surface area contributed by atoms with Gasteiger partial charge in [0.05, 0.1) is 16.1 Å². The minimum Gasteiger partial charge on any atom is -0.251 e. The molecule has 0 atom stereocenters. The van der Waals surface area contributed by atoms with Crippen LogP contribution in [0.4, 0.5) is 0 Å². The summed E-state index contributed by atoms with van der Waals surface area (Å²) in [6, 6.07) is 18.6. The van der Waals surface area contributed by atoms with Gasteiger partial charge >= 0.3 is 0 Å². The van der Waals surface area contributed by atoms with E-state index < -0.39 is 9.84 Å². The number of hydrogen-bond donors (Lipinski definition) is 0. The lowest BCUT2D eigenvalue weighted by molar-refractivity contribution is 0.602. The molecule has 0 bridgehead atoms. The van der Waals surface area contributed by atoms with E-state index >= 15 is 0 Å². The van der Waals surface area contributed by atoms with Gasteiger partial charge in [-0.05, 0) is 48.9 Å². The zero-order valence-corrected chi connectivity index (χ0v) is 15.2. The van der Waals surface area contributed by atoms with Crippen molar-refractivity contribution in [2.75, 3.05) is 6.26 Å². The number of aromatic nitrogens is 3. The van der Waals surface area contributed by atoms with Crippen molar-refractivity contribution < 1.29 is 8.42 Å². The van der Waals surface area contributed by atoms with Crippen LogP contribution in [0, 0.1) is 6.92 Å². The number of benzene rings is 1. The Hall–Kier alpha value is -2.99. The molecule has 0 fully saturated rings. The molecule has 4 aromatic rings. The molecule has 6 heteroatoms. The van der Waals surface area contributed by atoms with E-state index in [-0.39, 0.29) is 0 Å². The summed E-state index contributed by atoms with van der Waals surface area (Å²) in [6.45, 7) is 1.94. The molecule has 5 nitrogen and oxygen atoms in total. The van der Waals surface area contributed by atoms with E-state index in [1.807, 2.05) is 66.2 Å². The van der Waals surface area contributed by atoms with Gasteiger partial charge in [0.2, 0.25) is 0 Å². The van der Waals surface area contributed by atoms with Crippen LogP contribution in [0.2, 0.25) is 0 Å². The molecule has 0 radical (unpaired) electrons. The van der Waals surface area contributed by atoms with Crippen LogP contribution < -0.4 is 0 Å². The van der Waals surface area contributed by atoms with Crippen LogP contribution in [0.3, 0.4) is 0 Å². The maximum absolute atomic E-state index is 11.7. The van der Waals surface area contributed by atoms with Crippen molar-refractivity contribution in [3.8, 4) is 22.5 Å². The first-order chi connectivity index (χ1) is 12.4. The molecule has 130 valence electrons. The molecule has 0 aliphatic heterocycles. The lowest BCUT2D eigenvalue weighted by Gasteiger charge is -2.05. The van der Waals surface area contributed by atoms with Gasteiger partial charge in [-0.25, -0.2) is 12.9 Å². The van der Waals surface area contributed by atoms with Crippen molar-refractivity contribution >= 4 is 15.4 Å². The van der Waals surface area contributed by atoms with Gasteiger partial charge in [-0.15, -0.1) is 0 Å². The Balaban J connectivity index is 1.98. The van der Waals surface area contributed by atoms with Gasteiger partial charge in [0.15, 0.2) is 9.84 Å². The molecule has 0 saturated heterocycles. The highest BCUT2D eigenvalue weighted by atomic mass is 32.2. The minimum absolute atomic E-state index is 0.299. The molecular formula is C20H17N3O2S. The number of fused-ring (bicyclic) bond motifs is 1. The SMILES string of the molecule is Cc1cccc(-c2nn3ccccc3c2-c2ccc(S(C)(=O)=O)cc2)n1. The van der Waals surface area contributed by atoms with E-state index in [9.17, 15) is 8.42 Å². The molecule has 3 aromatic heterocycles. The summed E-state index contributed by atoms with van der Waals surface area (Å²) in [4.78, 5) is 4.91. The summed E-state index contributed by atoms with van der Waals surface area (Å²) in [5, 5.41) is 4.71. The Kier molecular flexibility index (Phi) is 3.85. The molecule has 0 aliphatic rings. The van der Waals surface area contributed by atoms with Gasteiger partial charge in [0, 0.05) is 23.7 Å². The summed E-state index contributed by atoms with van der Waals surface area (Å²) in [5.41, 5.74) is 5.25. The van der Waals surface area contributed by atoms with E-state index in [4.69, 9.17) is 5.10 Å². The van der Waals surface area contributed by atoms with E-state index in [0.29, 0.717) is 4.90 Å². The Labute approximate surface area is 151 Å². The second-order valence-corrected chi connectivity index (χ2v) is 8.23. The van der Waals surface area contributed by atoms with E-state index in [0.717, 1.165) is 33.7 Å². The second-order valence-electron chi connectivity index (χ2n) is 6.21. The van der Waals surface area contributed by atoms with Crippen LogP contribution in [0.25, 0.3) is 28.0 Å². The van der Waals surface area contributed by atoms with Crippen molar-refractivity contribution in [3.63, 3.8) is 0 Å².